The van der Waals surface area contributed by atoms with Crippen LogP contribution in [0.15, 0.2) is 24.3 Å². The molecule has 8 heteroatoms. The Morgan fingerprint density at radius 1 is 1.18 bits per heavy atom. The van der Waals surface area contributed by atoms with Crippen molar-refractivity contribution in [2.24, 2.45) is 11.8 Å². The number of carbonyl (C=O) groups is 2. The standard InChI is InChI=1S/C25H34N4O4/c1-17(2)9-14-33-29-23(30)15-19(24(31)32-4)25(29)10-12-28(13-11-25)16-22-18(3)26-20-7-5-6-8-21(20)27-22/h5-8,17,19H,9-16H2,1-4H3. The molecule has 2 saturated heterocycles. The molecular weight excluding hydrogens is 420 g/mol. The van der Waals surface area contributed by atoms with E-state index in [0.29, 0.717) is 31.9 Å². The second-order valence-electron chi connectivity index (χ2n) is 9.61. The minimum Gasteiger partial charge on any atom is -0.469 e. The predicted molar refractivity (Wildman–Crippen MR) is 124 cm³/mol. The normalized spacial score (nSPS) is 20.8. The molecule has 0 bridgehead atoms. The Labute approximate surface area is 195 Å². The fourth-order valence-electron chi connectivity index (χ4n) is 5.00. The molecule has 0 aliphatic carbocycles. The average molecular weight is 455 g/mol. The lowest BCUT2D eigenvalue weighted by Gasteiger charge is -2.45. The summed E-state index contributed by atoms with van der Waals surface area (Å²) in [6, 6.07) is 7.89. The van der Waals surface area contributed by atoms with Crippen LogP contribution in [0.5, 0.6) is 0 Å². The molecule has 0 N–H and O–H groups in total. The number of hydrogen-bond donors (Lipinski definition) is 0. The number of esters is 1. The number of hydroxylamine groups is 2. The summed E-state index contributed by atoms with van der Waals surface area (Å²) in [4.78, 5) is 43.3. The average Bonchev–Trinajstić information content (AvgIpc) is 3.06. The van der Waals surface area contributed by atoms with Crippen molar-refractivity contribution in [1.29, 1.82) is 0 Å². The van der Waals surface area contributed by atoms with Crippen molar-refractivity contribution in [3.8, 4) is 0 Å². The van der Waals surface area contributed by atoms with Gasteiger partial charge in [-0.1, -0.05) is 26.0 Å². The highest BCUT2D eigenvalue weighted by Gasteiger charge is 2.58. The number of piperidine rings is 1. The van der Waals surface area contributed by atoms with Gasteiger partial charge in [-0.25, -0.2) is 15.0 Å². The number of carbonyl (C=O) groups excluding carboxylic acids is 2. The van der Waals surface area contributed by atoms with Crippen LogP contribution in [0, 0.1) is 18.8 Å². The number of ether oxygens (including phenoxy) is 1. The Morgan fingerprint density at radius 3 is 2.48 bits per heavy atom. The molecule has 178 valence electrons. The number of hydrogen-bond acceptors (Lipinski definition) is 7. The number of rotatable bonds is 7. The zero-order valence-electron chi connectivity index (χ0n) is 20.0. The molecule has 1 aromatic heterocycles. The maximum Gasteiger partial charge on any atom is 0.311 e. The monoisotopic (exact) mass is 454 g/mol. The number of benzene rings is 1. The van der Waals surface area contributed by atoms with Crippen LogP contribution in [0.1, 0.15) is 50.9 Å². The van der Waals surface area contributed by atoms with Crippen LogP contribution >= 0.6 is 0 Å². The molecular formula is C25H34N4O4. The molecule has 0 radical (unpaired) electrons. The van der Waals surface area contributed by atoms with Gasteiger partial charge in [0.25, 0.3) is 0 Å². The lowest BCUT2D eigenvalue weighted by molar-refractivity contribution is -0.224. The number of methoxy groups -OCH3 is 1. The van der Waals surface area contributed by atoms with Gasteiger partial charge >= 0.3 is 5.97 Å². The Hall–Kier alpha value is -2.58. The highest BCUT2D eigenvalue weighted by atomic mass is 16.7. The van der Waals surface area contributed by atoms with E-state index in [1.807, 2.05) is 31.2 Å². The van der Waals surface area contributed by atoms with E-state index >= 15 is 0 Å². The van der Waals surface area contributed by atoms with E-state index in [4.69, 9.17) is 19.5 Å². The molecule has 1 aromatic carbocycles. The van der Waals surface area contributed by atoms with Gasteiger partial charge in [0.05, 0.1) is 47.6 Å². The Kier molecular flexibility index (Phi) is 6.95. The molecule has 2 aliphatic rings. The molecule has 4 rings (SSSR count). The first kappa shape index (κ1) is 23.6. The summed E-state index contributed by atoms with van der Waals surface area (Å²) in [5.74, 6) is -0.483. The number of amides is 1. The van der Waals surface area contributed by atoms with Gasteiger partial charge in [-0.3, -0.25) is 19.3 Å². The van der Waals surface area contributed by atoms with E-state index < -0.39 is 11.5 Å². The number of aromatic nitrogens is 2. The lowest BCUT2D eigenvalue weighted by Crippen LogP contribution is -2.57. The summed E-state index contributed by atoms with van der Waals surface area (Å²) >= 11 is 0. The molecule has 8 nitrogen and oxygen atoms in total. The van der Waals surface area contributed by atoms with Gasteiger partial charge in [0.15, 0.2) is 0 Å². The quantitative estimate of drug-likeness (QED) is 0.594. The van der Waals surface area contributed by atoms with E-state index in [1.165, 1.54) is 12.2 Å². The molecule has 1 atom stereocenters. The Morgan fingerprint density at radius 2 is 1.85 bits per heavy atom. The van der Waals surface area contributed by atoms with Gasteiger partial charge < -0.3 is 4.74 Å². The topological polar surface area (TPSA) is 84.9 Å². The van der Waals surface area contributed by atoms with Crippen molar-refractivity contribution >= 4 is 22.9 Å². The van der Waals surface area contributed by atoms with E-state index in [1.54, 1.807) is 0 Å². The van der Waals surface area contributed by atoms with Crippen LogP contribution in [-0.2, 0) is 25.7 Å². The smallest absolute Gasteiger partial charge is 0.311 e. The number of aryl methyl sites for hydroxylation is 1. The summed E-state index contributed by atoms with van der Waals surface area (Å²) in [7, 11) is 1.39. The fraction of sp³-hybridized carbons (Fsp3) is 0.600. The van der Waals surface area contributed by atoms with E-state index in [2.05, 4.69) is 18.7 Å². The minimum absolute atomic E-state index is 0.126. The highest BCUT2D eigenvalue weighted by Crippen LogP contribution is 2.44. The third-order valence-electron chi connectivity index (χ3n) is 7.00. The first-order chi connectivity index (χ1) is 15.8. The first-order valence-electron chi connectivity index (χ1n) is 11.8. The van der Waals surface area contributed by atoms with Gasteiger partial charge in [0, 0.05) is 26.1 Å². The maximum atomic E-state index is 12.9. The van der Waals surface area contributed by atoms with Crippen LogP contribution in [0.25, 0.3) is 11.0 Å². The third kappa shape index (κ3) is 4.73. The van der Waals surface area contributed by atoms with Crippen molar-refractivity contribution in [2.45, 2.75) is 58.5 Å². The molecule has 2 fully saturated rings. The molecule has 1 unspecified atom stereocenters. The number of para-hydroxylation sites is 2. The molecule has 1 spiro atoms. The van der Waals surface area contributed by atoms with Crippen molar-refractivity contribution in [3.63, 3.8) is 0 Å². The molecule has 2 aromatic rings. The fourth-order valence-corrected chi connectivity index (χ4v) is 5.00. The second kappa shape index (κ2) is 9.73. The van der Waals surface area contributed by atoms with Crippen LogP contribution in [-0.4, -0.2) is 64.2 Å². The van der Waals surface area contributed by atoms with Crippen LogP contribution in [0.3, 0.4) is 0 Å². The second-order valence-corrected chi connectivity index (χ2v) is 9.61. The van der Waals surface area contributed by atoms with Crippen molar-refractivity contribution in [3.05, 3.63) is 35.7 Å². The zero-order valence-corrected chi connectivity index (χ0v) is 20.0. The molecule has 0 saturated carbocycles. The summed E-state index contributed by atoms with van der Waals surface area (Å²) in [6.07, 6.45) is 2.30. The largest absolute Gasteiger partial charge is 0.469 e. The molecule has 33 heavy (non-hydrogen) atoms. The Bertz CT molecular complexity index is 1020. The zero-order chi connectivity index (χ0) is 23.6. The number of likely N-dealkylation sites (tertiary alicyclic amines) is 1. The van der Waals surface area contributed by atoms with Crippen LogP contribution in [0.2, 0.25) is 0 Å². The number of nitrogens with zero attached hydrogens (tertiary/aromatic N) is 4. The molecule has 2 aliphatic heterocycles. The van der Waals surface area contributed by atoms with Gasteiger partial charge in [-0.05, 0) is 44.2 Å². The summed E-state index contributed by atoms with van der Waals surface area (Å²) in [5, 5.41) is 1.52. The van der Waals surface area contributed by atoms with Crippen LogP contribution in [0.4, 0.5) is 0 Å². The summed E-state index contributed by atoms with van der Waals surface area (Å²) < 4.78 is 5.07. The molecule has 1 amide bonds. The lowest BCUT2D eigenvalue weighted by atomic mass is 9.77. The maximum absolute atomic E-state index is 12.9. The van der Waals surface area contributed by atoms with E-state index in [9.17, 15) is 9.59 Å². The van der Waals surface area contributed by atoms with E-state index in [0.717, 1.165) is 41.9 Å². The highest BCUT2D eigenvalue weighted by molar-refractivity contribution is 5.88. The first-order valence-corrected chi connectivity index (χ1v) is 11.8. The SMILES string of the molecule is COC(=O)C1CC(=O)N(OCCC(C)C)C12CCN(Cc1nc3ccccc3nc1C)CC2. The Balaban J connectivity index is 1.50. The van der Waals surface area contributed by atoms with Gasteiger partial charge in [-0.2, -0.15) is 0 Å². The van der Waals surface area contributed by atoms with Crippen molar-refractivity contribution < 1.29 is 19.2 Å². The van der Waals surface area contributed by atoms with Crippen molar-refractivity contribution in [2.75, 3.05) is 26.8 Å². The van der Waals surface area contributed by atoms with E-state index in [-0.39, 0.29) is 18.3 Å². The van der Waals surface area contributed by atoms with Gasteiger partial charge in [0.1, 0.15) is 0 Å². The summed E-state index contributed by atoms with van der Waals surface area (Å²) in [6.45, 7) is 8.86. The third-order valence-corrected chi connectivity index (χ3v) is 7.00. The number of fused-ring (bicyclic) bond motifs is 1. The summed E-state index contributed by atoms with van der Waals surface area (Å²) in [5.41, 5.74) is 3.03. The molecule has 3 heterocycles. The predicted octanol–water partition coefficient (Wildman–Crippen LogP) is 3.27. The van der Waals surface area contributed by atoms with Gasteiger partial charge in [-0.15, -0.1) is 0 Å². The van der Waals surface area contributed by atoms with Gasteiger partial charge in [0.2, 0.25) is 5.91 Å². The minimum atomic E-state index is -0.651. The van der Waals surface area contributed by atoms with Crippen molar-refractivity contribution in [1.82, 2.24) is 19.9 Å². The van der Waals surface area contributed by atoms with Crippen LogP contribution < -0.4 is 0 Å².